The number of amides is 1. The molecule has 1 N–H and O–H groups in total. The molecule has 1 saturated carbocycles. The Morgan fingerprint density at radius 3 is 2.75 bits per heavy atom. The molecule has 0 bridgehead atoms. The second-order valence-electron chi connectivity index (χ2n) is 4.88. The van der Waals surface area contributed by atoms with Crippen LogP contribution < -0.4 is 4.74 Å². The lowest BCUT2D eigenvalue weighted by atomic mass is 10.1. The van der Waals surface area contributed by atoms with Gasteiger partial charge in [0.1, 0.15) is 5.75 Å². The maximum Gasteiger partial charge on any atom is 0.260 e. The molecule has 1 amide bonds. The topological polar surface area (TPSA) is 62.1 Å². The number of para-hydroxylation sites is 1. The summed E-state index contributed by atoms with van der Waals surface area (Å²) in [5.74, 6) is 0.561. The van der Waals surface area contributed by atoms with E-state index in [1.807, 2.05) is 24.0 Å². The van der Waals surface area contributed by atoms with E-state index >= 15 is 0 Å². The Labute approximate surface area is 118 Å². The summed E-state index contributed by atoms with van der Waals surface area (Å²) < 4.78 is 5.60. The molecule has 1 aromatic rings. The van der Waals surface area contributed by atoms with Crippen molar-refractivity contribution in [2.45, 2.75) is 32.7 Å². The minimum absolute atomic E-state index is 0.00314. The number of carbonyl (C=O) groups excluding carboxylic acids is 1. The lowest BCUT2D eigenvalue weighted by molar-refractivity contribution is -0.133. The lowest BCUT2D eigenvalue weighted by Crippen LogP contribution is -2.36. The number of benzene rings is 1. The second-order valence-corrected chi connectivity index (χ2v) is 4.88. The molecule has 1 fully saturated rings. The maximum atomic E-state index is 12.1. The van der Waals surface area contributed by atoms with Gasteiger partial charge >= 0.3 is 0 Å². The van der Waals surface area contributed by atoms with E-state index in [4.69, 9.17) is 9.94 Å². The minimum Gasteiger partial charge on any atom is -0.483 e. The molecular weight excluding hydrogens is 256 g/mol. The first-order chi connectivity index (χ1) is 9.67. The molecule has 5 heteroatoms. The SMILES string of the molecule is CCN(C(=O)COc1ccccc1C(C)=NO)C1CC1. The van der Waals surface area contributed by atoms with E-state index in [9.17, 15) is 4.79 Å². The molecule has 0 atom stereocenters. The van der Waals surface area contributed by atoms with Crippen molar-refractivity contribution in [2.75, 3.05) is 13.2 Å². The number of oxime groups is 1. The average Bonchev–Trinajstić information content (AvgIpc) is 3.30. The van der Waals surface area contributed by atoms with E-state index in [2.05, 4.69) is 5.16 Å². The number of likely N-dealkylation sites (N-methyl/N-ethyl adjacent to an activating group) is 1. The average molecular weight is 276 g/mol. The quantitative estimate of drug-likeness (QED) is 0.492. The monoisotopic (exact) mass is 276 g/mol. The fourth-order valence-corrected chi connectivity index (χ4v) is 2.19. The highest BCUT2D eigenvalue weighted by Crippen LogP contribution is 2.27. The summed E-state index contributed by atoms with van der Waals surface area (Å²) in [6, 6.07) is 7.62. The number of carbonyl (C=O) groups is 1. The van der Waals surface area contributed by atoms with Crippen LogP contribution in [0.1, 0.15) is 32.3 Å². The molecule has 0 unspecified atom stereocenters. The van der Waals surface area contributed by atoms with Crippen LogP contribution in [-0.4, -0.2) is 40.9 Å². The summed E-state index contributed by atoms with van der Waals surface area (Å²) in [4.78, 5) is 14.0. The van der Waals surface area contributed by atoms with Gasteiger partial charge in [0.15, 0.2) is 6.61 Å². The molecule has 0 radical (unpaired) electrons. The highest BCUT2D eigenvalue weighted by atomic mass is 16.5. The van der Waals surface area contributed by atoms with Crippen molar-refractivity contribution in [3.63, 3.8) is 0 Å². The predicted octanol–water partition coefficient (Wildman–Crippen LogP) is 2.27. The fourth-order valence-electron chi connectivity index (χ4n) is 2.19. The molecule has 0 aliphatic heterocycles. The molecular formula is C15H20N2O3. The van der Waals surface area contributed by atoms with Gasteiger partial charge in [0.05, 0.1) is 5.71 Å². The number of nitrogens with zero attached hydrogens (tertiary/aromatic N) is 2. The van der Waals surface area contributed by atoms with Gasteiger partial charge in [-0.1, -0.05) is 17.3 Å². The van der Waals surface area contributed by atoms with Crippen molar-refractivity contribution in [1.29, 1.82) is 0 Å². The predicted molar refractivity (Wildman–Crippen MR) is 76.3 cm³/mol. The van der Waals surface area contributed by atoms with Gasteiger partial charge in [-0.25, -0.2) is 0 Å². The zero-order valence-corrected chi connectivity index (χ0v) is 11.9. The normalized spacial score (nSPS) is 15.0. The van der Waals surface area contributed by atoms with Crippen LogP contribution in [0.5, 0.6) is 5.75 Å². The Bertz CT molecular complexity index is 510. The van der Waals surface area contributed by atoms with Crippen molar-refractivity contribution in [1.82, 2.24) is 4.90 Å². The first-order valence-corrected chi connectivity index (χ1v) is 6.87. The Morgan fingerprint density at radius 1 is 1.45 bits per heavy atom. The molecule has 2 rings (SSSR count). The maximum absolute atomic E-state index is 12.1. The first-order valence-electron chi connectivity index (χ1n) is 6.87. The highest BCUT2D eigenvalue weighted by molar-refractivity contribution is 6.00. The number of hydrogen-bond acceptors (Lipinski definition) is 4. The van der Waals surface area contributed by atoms with Crippen LogP contribution in [0.3, 0.4) is 0 Å². The van der Waals surface area contributed by atoms with Gasteiger partial charge in [-0.2, -0.15) is 0 Å². The summed E-state index contributed by atoms with van der Waals surface area (Å²) in [6.45, 7) is 4.39. The lowest BCUT2D eigenvalue weighted by Gasteiger charge is -2.20. The molecule has 1 aromatic carbocycles. The van der Waals surface area contributed by atoms with Crippen LogP contribution in [0, 0.1) is 0 Å². The number of hydrogen-bond donors (Lipinski definition) is 1. The van der Waals surface area contributed by atoms with E-state index in [0.717, 1.165) is 12.8 Å². The molecule has 1 aliphatic rings. The third-order valence-electron chi connectivity index (χ3n) is 3.43. The fraction of sp³-hybridized carbons (Fsp3) is 0.467. The molecule has 0 aromatic heterocycles. The largest absolute Gasteiger partial charge is 0.483 e. The molecule has 0 saturated heterocycles. The summed E-state index contributed by atoms with van der Waals surface area (Å²) in [6.07, 6.45) is 2.18. The van der Waals surface area contributed by atoms with Crippen LogP contribution in [0.4, 0.5) is 0 Å². The van der Waals surface area contributed by atoms with Crippen molar-refractivity contribution < 1.29 is 14.7 Å². The van der Waals surface area contributed by atoms with Crippen molar-refractivity contribution in [3.8, 4) is 5.75 Å². The van der Waals surface area contributed by atoms with E-state index in [0.29, 0.717) is 29.6 Å². The van der Waals surface area contributed by atoms with Crippen LogP contribution in [0.15, 0.2) is 29.4 Å². The van der Waals surface area contributed by atoms with Gasteiger partial charge in [0.2, 0.25) is 0 Å². The van der Waals surface area contributed by atoms with E-state index < -0.39 is 0 Å². The summed E-state index contributed by atoms with van der Waals surface area (Å²) >= 11 is 0. The second kappa shape index (κ2) is 6.41. The Balaban J connectivity index is 2.02. The van der Waals surface area contributed by atoms with E-state index in [-0.39, 0.29) is 12.5 Å². The summed E-state index contributed by atoms with van der Waals surface area (Å²) in [7, 11) is 0. The van der Waals surface area contributed by atoms with Crippen LogP contribution in [-0.2, 0) is 4.79 Å². The molecule has 108 valence electrons. The smallest absolute Gasteiger partial charge is 0.260 e. The highest BCUT2D eigenvalue weighted by Gasteiger charge is 2.31. The van der Waals surface area contributed by atoms with Gasteiger partial charge in [-0.15, -0.1) is 0 Å². The van der Waals surface area contributed by atoms with Gasteiger partial charge in [-0.3, -0.25) is 4.79 Å². The van der Waals surface area contributed by atoms with Gasteiger partial charge < -0.3 is 14.8 Å². The Kier molecular flexibility index (Phi) is 4.61. The zero-order valence-electron chi connectivity index (χ0n) is 11.9. The standard InChI is InChI=1S/C15H20N2O3/c1-3-17(12-8-9-12)15(18)10-20-14-7-5-4-6-13(14)11(2)16-19/h4-7,12,19H,3,8-10H2,1-2H3. The third kappa shape index (κ3) is 3.29. The van der Waals surface area contributed by atoms with Gasteiger partial charge in [0.25, 0.3) is 5.91 Å². The molecule has 20 heavy (non-hydrogen) atoms. The summed E-state index contributed by atoms with van der Waals surface area (Å²) in [5, 5.41) is 12.0. The molecule has 5 nitrogen and oxygen atoms in total. The first kappa shape index (κ1) is 14.4. The molecule has 0 spiro atoms. The van der Waals surface area contributed by atoms with Crippen molar-refractivity contribution in [2.24, 2.45) is 5.16 Å². The molecule has 1 aliphatic carbocycles. The van der Waals surface area contributed by atoms with Gasteiger partial charge in [0, 0.05) is 18.2 Å². The van der Waals surface area contributed by atoms with Crippen LogP contribution >= 0.6 is 0 Å². The Hall–Kier alpha value is -2.04. The molecule has 0 heterocycles. The van der Waals surface area contributed by atoms with E-state index in [1.165, 1.54) is 0 Å². The van der Waals surface area contributed by atoms with Gasteiger partial charge in [-0.05, 0) is 38.8 Å². The third-order valence-corrected chi connectivity index (χ3v) is 3.43. The van der Waals surface area contributed by atoms with Crippen molar-refractivity contribution in [3.05, 3.63) is 29.8 Å². The minimum atomic E-state index is 0.00314. The summed E-state index contributed by atoms with van der Waals surface area (Å²) in [5.41, 5.74) is 1.15. The van der Waals surface area contributed by atoms with E-state index in [1.54, 1.807) is 19.1 Å². The van der Waals surface area contributed by atoms with Crippen molar-refractivity contribution >= 4 is 11.6 Å². The zero-order chi connectivity index (χ0) is 14.5. The Morgan fingerprint density at radius 2 is 2.15 bits per heavy atom. The van der Waals surface area contributed by atoms with Crippen LogP contribution in [0.25, 0.3) is 0 Å². The van der Waals surface area contributed by atoms with Crippen LogP contribution in [0.2, 0.25) is 0 Å². The number of rotatable bonds is 6. The number of ether oxygens (including phenoxy) is 1.